The monoisotopic (exact) mass is 371 g/mol. The third-order valence-corrected chi connectivity index (χ3v) is 4.65. The predicted octanol–water partition coefficient (Wildman–Crippen LogP) is 3.55. The molecule has 1 aliphatic rings. The summed E-state index contributed by atoms with van der Waals surface area (Å²) < 4.78 is 11.0. The summed E-state index contributed by atoms with van der Waals surface area (Å²) in [7, 11) is 0. The molecule has 6 nitrogen and oxygen atoms in total. The van der Waals surface area contributed by atoms with E-state index in [4.69, 9.17) is 20.4 Å². The van der Waals surface area contributed by atoms with Crippen molar-refractivity contribution in [3.63, 3.8) is 0 Å². The van der Waals surface area contributed by atoms with Crippen LogP contribution >= 0.6 is 11.6 Å². The Morgan fingerprint density at radius 1 is 1.15 bits per heavy atom. The highest BCUT2D eigenvalue weighted by Crippen LogP contribution is 2.24. The van der Waals surface area contributed by atoms with Crippen LogP contribution in [0.1, 0.15) is 16.4 Å². The Morgan fingerprint density at radius 3 is 2.73 bits per heavy atom. The van der Waals surface area contributed by atoms with E-state index in [2.05, 4.69) is 9.88 Å². The maximum Gasteiger partial charge on any atom is 0.289 e. The number of amides is 1. The van der Waals surface area contributed by atoms with Crippen LogP contribution in [0, 0.1) is 0 Å². The van der Waals surface area contributed by atoms with Gasteiger partial charge in [-0.25, -0.2) is 4.98 Å². The smallest absolute Gasteiger partial charge is 0.289 e. The Bertz CT molecular complexity index is 883. The van der Waals surface area contributed by atoms with Gasteiger partial charge in [0.15, 0.2) is 11.5 Å². The molecular weight excluding hydrogens is 354 g/mol. The van der Waals surface area contributed by atoms with Gasteiger partial charge in [-0.05, 0) is 24.3 Å². The van der Waals surface area contributed by atoms with Crippen molar-refractivity contribution in [1.82, 2.24) is 14.8 Å². The van der Waals surface area contributed by atoms with E-state index >= 15 is 0 Å². The van der Waals surface area contributed by atoms with Gasteiger partial charge in [0.05, 0.1) is 19.0 Å². The van der Waals surface area contributed by atoms with Crippen molar-refractivity contribution in [2.75, 3.05) is 26.2 Å². The van der Waals surface area contributed by atoms with Gasteiger partial charge in [-0.15, -0.1) is 0 Å². The fourth-order valence-electron chi connectivity index (χ4n) is 3.02. The first-order chi connectivity index (χ1) is 12.7. The van der Waals surface area contributed by atoms with E-state index in [0.717, 1.165) is 18.7 Å². The summed E-state index contributed by atoms with van der Waals surface area (Å²) >= 11 is 6.02. The van der Waals surface area contributed by atoms with Crippen molar-refractivity contribution in [2.45, 2.75) is 6.54 Å². The van der Waals surface area contributed by atoms with Crippen LogP contribution in [-0.2, 0) is 6.54 Å². The standard InChI is InChI=1S/C19H18ClN3O3/c20-15-4-1-3-14(11-15)17-12-21-18(26-17)13-22-6-8-23(9-7-22)19(24)16-5-2-10-25-16/h1-5,10-12H,6-9,13H2. The third kappa shape index (κ3) is 3.66. The highest BCUT2D eigenvalue weighted by Gasteiger charge is 2.24. The molecule has 0 unspecified atom stereocenters. The summed E-state index contributed by atoms with van der Waals surface area (Å²) in [5.74, 6) is 1.69. The molecule has 0 atom stereocenters. The van der Waals surface area contributed by atoms with E-state index in [1.165, 1.54) is 6.26 Å². The zero-order valence-electron chi connectivity index (χ0n) is 14.1. The largest absolute Gasteiger partial charge is 0.459 e. The summed E-state index contributed by atoms with van der Waals surface area (Å²) in [6, 6.07) is 10.9. The third-order valence-electron chi connectivity index (χ3n) is 4.41. The minimum absolute atomic E-state index is 0.0611. The lowest BCUT2D eigenvalue weighted by Gasteiger charge is -2.33. The fraction of sp³-hybridized carbons (Fsp3) is 0.263. The molecule has 1 saturated heterocycles. The van der Waals surface area contributed by atoms with Crippen molar-refractivity contribution in [3.05, 3.63) is 65.5 Å². The number of benzene rings is 1. The summed E-state index contributed by atoms with van der Waals surface area (Å²) in [4.78, 5) is 20.7. The number of hydrogen-bond acceptors (Lipinski definition) is 5. The summed E-state index contributed by atoms with van der Waals surface area (Å²) in [6.45, 7) is 3.45. The molecule has 0 spiro atoms. The van der Waals surface area contributed by atoms with Crippen LogP contribution in [0.3, 0.4) is 0 Å². The molecule has 26 heavy (non-hydrogen) atoms. The Balaban J connectivity index is 1.34. The van der Waals surface area contributed by atoms with Gasteiger partial charge in [-0.3, -0.25) is 9.69 Å². The number of piperazine rings is 1. The van der Waals surface area contributed by atoms with Gasteiger partial charge in [-0.1, -0.05) is 23.7 Å². The number of furan rings is 1. The van der Waals surface area contributed by atoms with Crippen molar-refractivity contribution in [2.24, 2.45) is 0 Å². The van der Waals surface area contributed by atoms with E-state index in [0.29, 0.717) is 42.1 Å². The van der Waals surface area contributed by atoms with Gasteiger partial charge in [0.1, 0.15) is 0 Å². The molecule has 0 saturated carbocycles. The fourth-order valence-corrected chi connectivity index (χ4v) is 3.21. The zero-order valence-corrected chi connectivity index (χ0v) is 14.9. The van der Waals surface area contributed by atoms with Gasteiger partial charge in [0, 0.05) is 36.8 Å². The molecule has 1 aromatic carbocycles. The number of aromatic nitrogens is 1. The molecular formula is C19H18ClN3O3. The highest BCUT2D eigenvalue weighted by molar-refractivity contribution is 6.30. The first kappa shape index (κ1) is 16.9. The molecule has 0 N–H and O–H groups in total. The lowest BCUT2D eigenvalue weighted by atomic mass is 10.2. The predicted molar refractivity (Wildman–Crippen MR) is 96.8 cm³/mol. The van der Waals surface area contributed by atoms with E-state index in [1.807, 2.05) is 29.2 Å². The normalized spacial score (nSPS) is 15.3. The van der Waals surface area contributed by atoms with Crippen LogP contribution in [-0.4, -0.2) is 46.9 Å². The second kappa shape index (κ2) is 7.35. The van der Waals surface area contributed by atoms with E-state index in [9.17, 15) is 4.79 Å². The number of nitrogens with zero attached hydrogens (tertiary/aromatic N) is 3. The van der Waals surface area contributed by atoms with Gasteiger partial charge in [0.2, 0.25) is 5.89 Å². The molecule has 1 aliphatic heterocycles. The number of oxazole rings is 1. The lowest BCUT2D eigenvalue weighted by Crippen LogP contribution is -2.48. The average molecular weight is 372 g/mol. The van der Waals surface area contributed by atoms with Crippen molar-refractivity contribution in [1.29, 1.82) is 0 Å². The molecule has 134 valence electrons. The minimum Gasteiger partial charge on any atom is -0.459 e. The van der Waals surface area contributed by atoms with Gasteiger partial charge in [0.25, 0.3) is 5.91 Å². The lowest BCUT2D eigenvalue weighted by molar-refractivity contribution is 0.0588. The maximum absolute atomic E-state index is 12.3. The number of halogens is 1. The Kier molecular flexibility index (Phi) is 4.77. The zero-order chi connectivity index (χ0) is 17.9. The summed E-state index contributed by atoms with van der Waals surface area (Å²) in [6.07, 6.45) is 3.24. The second-order valence-corrected chi connectivity index (χ2v) is 6.61. The molecule has 2 aromatic heterocycles. The minimum atomic E-state index is -0.0611. The van der Waals surface area contributed by atoms with Crippen molar-refractivity contribution in [3.8, 4) is 11.3 Å². The molecule has 1 amide bonds. The molecule has 7 heteroatoms. The van der Waals surface area contributed by atoms with Crippen LogP contribution in [0.25, 0.3) is 11.3 Å². The highest BCUT2D eigenvalue weighted by atomic mass is 35.5. The molecule has 4 rings (SSSR count). The number of rotatable bonds is 4. The molecule has 0 aliphatic carbocycles. The van der Waals surface area contributed by atoms with E-state index in [1.54, 1.807) is 18.3 Å². The number of hydrogen-bond donors (Lipinski definition) is 0. The first-order valence-corrected chi connectivity index (χ1v) is 8.82. The van der Waals surface area contributed by atoms with Crippen LogP contribution < -0.4 is 0 Å². The van der Waals surface area contributed by atoms with Crippen LogP contribution in [0.4, 0.5) is 0 Å². The molecule has 0 bridgehead atoms. The molecule has 1 fully saturated rings. The summed E-state index contributed by atoms with van der Waals surface area (Å²) in [5, 5.41) is 0.665. The number of carbonyl (C=O) groups excluding carboxylic acids is 1. The van der Waals surface area contributed by atoms with Crippen molar-refractivity contribution < 1.29 is 13.6 Å². The maximum atomic E-state index is 12.3. The number of carbonyl (C=O) groups is 1. The van der Waals surface area contributed by atoms with Gasteiger partial charge in [-0.2, -0.15) is 0 Å². The SMILES string of the molecule is O=C(c1ccco1)N1CCN(Cc2ncc(-c3cccc(Cl)c3)o2)CC1. The molecule has 3 aromatic rings. The van der Waals surface area contributed by atoms with Gasteiger partial charge >= 0.3 is 0 Å². The Labute approximate surface area is 156 Å². The van der Waals surface area contributed by atoms with Crippen molar-refractivity contribution >= 4 is 17.5 Å². The topological polar surface area (TPSA) is 62.7 Å². The van der Waals surface area contributed by atoms with Gasteiger partial charge < -0.3 is 13.7 Å². The average Bonchev–Trinajstić information content (AvgIpc) is 3.34. The van der Waals surface area contributed by atoms with E-state index in [-0.39, 0.29) is 5.91 Å². The van der Waals surface area contributed by atoms with E-state index < -0.39 is 0 Å². The van der Waals surface area contributed by atoms with Crippen LogP contribution in [0.2, 0.25) is 5.02 Å². The molecule has 0 radical (unpaired) electrons. The Hall–Kier alpha value is -2.57. The van der Waals surface area contributed by atoms with Crippen LogP contribution in [0.15, 0.2) is 57.7 Å². The Morgan fingerprint density at radius 2 is 2.00 bits per heavy atom. The quantitative estimate of drug-likeness (QED) is 0.701. The summed E-state index contributed by atoms with van der Waals surface area (Å²) in [5.41, 5.74) is 0.908. The second-order valence-electron chi connectivity index (χ2n) is 6.17. The molecule has 3 heterocycles. The first-order valence-electron chi connectivity index (χ1n) is 8.45. The van der Waals surface area contributed by atoms with Crippen LogP contribution in [0.5, 0.6) is 0 Å².